The molecule has 0 radical (unpaired) electrons. The third-order valence-electron chi connectivity index (χ3n) is 4.68. The van der Waals surface area contributed by atoms with Crippen LogP contribution in [0.1, 0.15) is 36.5 Å². The van der Waals surface area contributed by atoms with Gasteiger partial charge in [-0.05, 0) is 36.8 Å². The van der Waals surface area contributed by atoms with Crippen molar-refractivity contribution >= 4 is 5.91 Å². The quantitative estimate of drug-likeness (QED) is 0.831. The van der Waals surface area contributed by atoms with E-state index in [2.05, 4.69) is 4.74 Å². The van der Waals surface area contributed by atoms with Crippen LogP contribution in [0.2, 0.25) is 0 Å². The number of piperidine rings is 1. The Morgan fingerprint density at radius 1 is 1.33 bits per heavy atom. The van der Waals surface area contributed by atoms with E-state index in [1.807, 2.05) is 6.92 Å². The van der Waals surface area contributed by atoms with E-state index in [9.17, 15) is 27.5 Å². The monoisotopic (exact) mass is 349 g/mol. The van der Waals surface area contributed by atoms with Crippen molar-refractivity contribution in [3.63, 3.8) is 0 Å². The van der Waals surface area contributed by atoms with Gasteiger partial charge < -0.3 is 14.7 Å². The van der Waals surface area contributed by atoms with E-state index in [0.717, 1.165) is 18.6 Å². The third-order valence-corrected chi connectivity index (χ3v) is 4.68. The molecule has 1 aliphatic heterocycles. The van der Waals surface area contributed by atoms with Crippen molar-refractivity contribution in [3.8, 4) is 5.75 Å². The fourth-order valence-electron chi connectivity index (χ4n) is 2.88. The van der Waals surface area contributed by atoms with E-state index in [0.29, 0.717) is 12.8 Å². The summed E-state index contributed by atoms with van der Waals surface area (Å²) in [5.41, 5.74) is -1.20. The Kier molecular flexibility index (Phi) is 5.69. The zero-order valence-corrected chi connectivity index (χ0v) is 13.2. The predicted molar refractivity (Wildman–Crippen MR) is 77.9 cm³/mol. The molecule has 1 aliphatic rings. The number of alkyl halides is 2. The number of halogens is 4. The maximum atomic E-state index is 14.2. The van der Waals surface area contributed by atoms with Gasteiger partial charge in [-0.2, -0.15) is 8.78 Å². The normalized spacial score (nSPS) is 17.2. The molecule has 1 N–H and O–H groups in total. The molecule has 0 aliphatic carbocycles. The van der Waals surface area contributed by atoms with Crippen LogP contribution in [-0.4, -0.2) is 42.2 Å². The number of likely N-dealkylation sites (tertiary alicyclic amines) is 1. The number of nitrogens with zero attached hydrogens (tertiary/aromatic N) is 1. The van der Waals surface area contributed by atoms with Gasteiger partial charge in [0.2, 0.25) is 0 Å². The first-order valence-electron chi connectivity index (χ1n) is 7.66. The van der Waals surface area contributed by atoms with E-state index < -0.39 is 35.5 Å². The lowest BCUT2D eigenvalue weighted by atomic mass is 9.77. The van der Waals surface area contributed by atoms with Crippen LogP contribution in [0.4, 0.5) is 17.6 Å². The molecular formula is C16H19F4NO3. The number of rotatable bonds is 5. The maximum Gasteiger partial charge on any atom is 0.387 e. The lowest BCUT2D eigenvalue weighted by Crippen LogP contribution is -2.44. The van der Waals surface area contributed by atoms with Crippen LogP contribution in [0.5, 0.6) is 5.75 Å². The standard InChI is InChI=1S/C16H19F4NO3/c1-2-16(9-22)5-7-21(8-6-16)14(23)12-10(17)3-4-11(13(12)18)24-15(19)20/h3-4,15,22H,2,5-9H2,1H3. The minimum atomic E-state index is -3.28. The van der Waals surface area contributed by atoms with Crippen molar-refractivity contribution in [2.45, 2.75) is 32.8 Å². The van der Waals surface area contributed by atoms with Gasteiger partial charge in [-0.3, -0.25) is 4.79 Å². The Bertz CT molecular complexity index is 595. The van der Waals surface area contributed by atoms with Crippen LogP contribution >= 0.6 is 0 Å². The third kappa shape index (κ3) is 3.63. The summed E-state index contributed by atoms with van der Waals surface area (Å²) in [7, 11) is 0. The summed E-state index contributed by atoms with van der Waals surface area (Å²) >= 11 is 0. The second kappa shape index (κ2) is 7.38. The summed E-state index contributed by atoms with van der Waals surface area (Å²) < 4.78 is 56.6. The molecule has 8 heteroatoms. The van der Waals surface area contributed by atoms with Crippen molar-refractivity contribution in [3.05, 3.63) is 29.3 Å². The first kappa shape index (κ1) is 18.5. The highest BCUT2D eigenvalue weighted by Crippen LogP contribution is 2.35. The second-order valence-electron chi connectivity index (χ2n) is 5.92. The summed E-state index contributed by atoms with van der Waals surface area (Å²) in [6, 6.07) is 1.44. The molecule has 1 heterocycles. The Labute approximate surface area is 137 Å². The van der Waals surface area contributed by atoms with Crippen LogP contribution in [-0.2, 0) is 0 Å². The number of aliphatic hydroxyl groups is 1. The second-order valence-corrected chi connectivity index (χ2v) is 5.92. The average Bonchev–Trinajstić information content (AvgIpc) is 2.57. The Morgan fingerprint density at radius 2 is 1.96 bits per heavy atom. The average molecular weight is 349 g/mol. The minimum Gasteiger partial charge on any atom is -0.432 e. The largest absolute Gasteiger partial charge is 0.432 e. The molecule has 24 heavy (non-hydrogen) atoms. The Hall–Kier alpha value is -1.83. The number of ether oxygens (including phenoxy) is 1. The fraction of sp³-hybridized carbons (Fsp3) is 0.562. The predicted octanol–water partition coefficient (Wildman–Crippen LogP) is 3.19. The molecule has 1 aromatic carbocycles. The molecule has 0 spiro atoms. The number of amides is 1. The van der Waals surface area contributed by atoms with Crippen molar-refractivity contribution in [2.24, 2.45) is 5.41 Å². The van der Waals surface area contributed by atoms with Gasteiger partial charge in [-0.1, -0.05) is 6.92 Å². The van der Waals surface area contributed by atoms with Gasteiger partial charge >= 0.3 is 6.61 Å². The van der Waals surface area contributed by atoms with Gasteiger partial charge in [0.1, 0.15) is 11.4 Å². The molecule has 0 saturated carbocycles. The molecule has 4 nitrogen and oxygen atoms in total. The van der Waals surface area contributed by atoms with Gasteiger partial charge in [0.05, 0.1) is 0 Å². The molecule has 134 valence electrons. The molecule has 1 saturated heterocycles. The summed E-state index contributed by atoms with van der Waals surface area (Å²) in [6.45, 7) is -0.917. The summed E-state index contributed by atoms with van der Waals surface area (Å²) in [5, 5.41) is 9.48. The summed E-state index contributed by atoms with van der Waals surface area (Å²) in [4.78, 5) is 13.7. The topological polar surface area (TPSA) is 49.8 Å². The van der Waals surface area contributed by atoms with E-state index in [1.54, 1.807) is 0 Å². The van der Waals surface area contributed by atoms with Crippen LogP contribution in [0.3, 0.4) is 0 Å². The summed E-state index contributed by atoms with van der Waals surface area (Å²) in [6.07, 6.45) is 1.73. The van der Waals surface area contributed by atoms with Crippen LogP contribution < -0.4 is 4.74 Å². The first-order valence-corrected chi connectivity index (χ1v) is 7.66. The number of aliphatic hydroxyl groups excluding tert-OH is 1. The fourth-order valence-corrected chi connectivity index (χ4v) is 2.88. The highest BCUT2D eigenvalue weighted by Gasteiger charge is 2.36. The molecule has 2 rings (SSSR count). The van der Waals surface area contributed by atoms with Crippen LogP contribution in [0.15, 0.2) is 12.1 Å². The molecule has 0 bridgehead atoms. The van der Waals surface area contributed by atoms with Crippen LogP contribution in [0, 0.1) is 17.0 Å². The highest BCUT2D eigenvalue weighted by atomic mass is 19.3. The number of benzene rings is 1. The maximum absolute atomic E-state index is 14.2. The first-order chi connectivity index (χ1) is 11.3. The van der Waals surface area contributed by atoms with Crippen molar-refractivity contribution in [1.29, 1.82) is 0 Å². The molecule has 1 amide bonds. The molecule has 1 aromatic rings. The van der Waals surface area contributed by atoms with Gasteiger partial charge in [0.25, 0.3) is 5.91 Å². The van der Waals surface area contributed by atoms with Gasteiger partial charge in [0, 0.05) is 19.7 Å². The zero-order valence-electron chi connectivity index (χ0n) is 13.2. The van der Waals surface area contributed by atoms with Gasteiger partial charge in [0.15, 0.2) is 11.6 Å². The molecular weight excluding hydrogens is 330 g/mol. The molecule has 1 fully saturated rings. The molecule has 0 unspecified atom stereocenters. The number of hydrogen-bond acceptors (Lipinski definition) is 3. The lowest BCUT2D eigenvalue weighted by molar-refractivity contribution is -0.0523. The van der Waals surface area contributed by atoms with E-state index in [1.165, 1.54) is 4.90 Å². The minimum absolute atomic E-state index is 0.0219. The molecule has 0 aromatic heterocycles. The van der Waals surface area contributed by atoms with Gasteiger partial charge in [-0.25, -0.2) is 8.78 Å². The SMILES string of the molecule is CCC1(CO)CCN(C(=O)c2c(F)ccc(OC(F)F)c2F)CC1. The van der Waals surface area contributed by atoms with Crippen LogP contribution in [0.25, 0.3) is 0 Å². The highest BCUT2D eigenvalue weighted by molar-refractivity contribution is 5.95. The lowest BCUT2D eigenvalue weighted by Gasteiger charge is -2.40. The number of carbonyl (C=O) groups excluding carboxylic acids is 1. The number of carbonyl (C=O) groups is 1. The summed E-state index contributed by atoms with van der Waals surface area (Å²) in [5.74, 6) is -4.35. The van der Waals surface area contributed by atoms with E-state index >= 15 is 0 Å². The Balaban J connectivity index is 2.21. The number of hydrogen-bond donors (Lipinski definition) is 1. The van der Waals surface area contributed by atoms with Crippen molar-refractivity contribution < 1.29 is 32.2 Å². The smallest absolute Gasteiger partial charge is 0.387 e. The van der Waals surface area contributed by atoms with E-state index in [-0.39, 0.29) is 25.1 Å². The van der Waals surface area contributed by atoms with Crippen molar-refractivity contribution in [2.75, 3.05) is 19.7 Å². The molecule has 0 atom stereocenters. The Morgan fingerprint density at radius 3 is 2.46 bits per heavy atom. The van der Waals surface area contributed by atoms with E-state index in [4.69, 9.17) is 0 Å². The zero-order chi connectivity index (χ0) is 17.9. The van der Waals surface area contributed by atoms with Crippen molar-refractivity contribution in [1.82, 2.24) is 4.90 Å². The van der Waals surface area contributed by atoms with Gasteiger partial charge in [-0.15, -0.1) is 0 Å².